The van der Waals surface area contributed by atoms with Gasteiger partial charge in [-0.1, -0.05) is 6.07 Å². The van der Waals surface area contributed by atoms with Crippen molar-refractivity contribution in [3.63, 3.8) is 0 Å². The van der Waals surface area contributed by atoms with Gasteiger partial charge < -0.3 is 5.73 Å². The van der Waals surface area contributed by atoms with Crippen LogP contribution in [0.4, 0.5) is 15.8 Å². The topological polar surface area (TPSA) is 76.3 Å². The van der Waals surface area contributed by atoms with E-state index in [1.807, 2.05) is 0 Å². The molecule has 2 aromatic rings. The summed E-state index contributed by atoms with van der Waals surface area (Å²) in [6, 6.07) is 6.69. The second-order valence-corrected chi connectivity index (χ2v) is 5.80. The van der Waals surface area contributed by atoms with Crippen LogP contribution in [0.1, 0.15) is 0 Å². The van der Waals surface area contributed by atoms with Gasteiger partial charge in [0.05, 0.1) is 11.4 Å². The van der Waals surface area contributed by atoms with E-state index in [1.54, 1.807) is 0 Å². The number of nitrogens with zero attached hydrogens (tertiary/aromatic N) is 2. The Hall–Kier alpha value is -2.15. The van der Waals surface area contributed by atoms with E-state index in [-0.39, 0.29) is 16.3 Å². The molecule has 100 valence electrons. The lowest BCUT2D eigenvalue weighted by Crippen LogP contribution is -2.27. The van der Waals surface area contributed by atoms with Crippen LogP contribution < -0.4 is 10.0 Å². The second kappa shape index (κ2) is 4.85. The fraction of sp³-hybridized carbons (Fsp3) is 0.0833. The van der Waals surface area contributed by atoms with E-state index in [9.17, 15) is 12.8 Å². The first-order valence-corrected chi connectivity index (χ1v) is 6.81. The molecule has 2 N–H and O–H groups in total. The molecule has 0 spiro atoms. The predicted octanol–water partition coefficient (Wildman–Crippen LogP) is 1.63. The Balaban J connectivity index is 2.49. The number of hydrogen-bond acceptors (Lipinski definition) is 4. The summed E-state index contributed by atoms with van der Waals surface area (Å²) < 4.78 is 38.8. The zero-order valence-corrected chi connectivity index (χ0v) is 10.9. The van der Waals surface area contributed by atoms with Gasteiger partial charge in [-0.15, -0.1) is 0 Å². The first-order chi connectivity index (χ1) is 8.93. The van der Waals surface area contributed by atoms with Crippen molar-refractivity contribution in [2.45, 2.75) is 4.90 Å². The van der Waals surface area contributed by atoms with Gasteiger partial charge in [0, 0.05) is 19.4 Å². The van der Waals surface area contributed by atoms with Gasteiger partial charge in [-0.05, 0) is 24.3 Å². The third-order valence-corrected chi connectivity index (χ3v) is 4.46. The lowest BCUT2D eigenvalue weighted by atomic mass is 10.3. The lowest BCUT2D eigenvalue weighted by Gasteiger charge is -2.20. The van der Waals surface area contributed by atoms with E-state index in [4.69, 9.17) is 5.73 Å². The molecule has 19 heavy (non-hydrogen) atoms. The van der Waals surface area contributed by atoms with Crippen LogP contribution in [0.25, 0.3) is 0 Å². The summed E-state index contributed by atoms with van der Waals surface area (Å²) in [6.45, 7) is 0. The first kappa shape index (κ1) is 13.3. The quantitative estimate of drug-likeness (QED) is 0.927. The summed E-state index contributed by atoms with van der Waals surface area (Å²) in [5.74, 6) is -0.515. The maximum absolute atomic E-state index is 13.1. The molecule has 0 saturated carbocycles. The molecule has 1 aromatic heterocycles. The van der Waals surface area contributed by atoms with Crippen molar-refractivity contribution in [3.8, 4) is 0 Å². The average Bonchev–Trinajstić information content (AvgIpc) is 2.38. The Kier molecular flexibility index (Phi) is 3.39. The van der Waals surface area contributed by atoms with Crippen LogP contribution in [-0.4, -0.2) is 20.4 Å². The molecule has 0 aliphatic carbocycles. The highest BCUT2D eigenvalue weighted by Crippen LogP contribution is 2.25. The third kappa shape index (κ3) is 2.50. The van der Waals surface area contributed by atoms with Gasteiger partial charge in [0.15, 0.2) is 0 Å². The van der Waals surface area contributed by atoms with Crippen molar-refractivity contribution in [3.05, 3.63) is 48.5 Å². The van der Waals surface area contributed by atoms with E-state index < -0.39 is 15.8 Å². The molecule has 2 rings (SSSR count). The number of anilines is 2. The highest BCUT2D eigenvalue weighted by atomic mass is 32.2. The molecule has 5 nitrogen and oxygen atoms in total. The van der Waals surface area contributed by atoms with Crippen molar-refractivity contribution < 1.29 is 12.8 Å². The van der Waals surface area contributed by atoms with Crippen molar-refractivity contribution in [2.75, 3.05) is 17.1 Å². The Morgan fingerprint density at radius 2 is 2.05 bits per heavy atom. The molecule has 0 aliphatic rings. The minimum absolute atomic E-state index is 0.0956. The van der Waals surface area contributed by atoms with E-state index in [1.165, 1.54) is 43.7 Å². The van der Waals surface area contributed by atoms with Gasteiger partial charge in [-0.3, -0.25) is 9.29 Å². The smallest absolute Gasteiger partial charge is 0.267 e. The molecule has 7 heteroatoms. The standard InChI is InChI=1S/C12H12FN3O2S/c1-16(10-4-2-3-9(13)7-10)19(17,18)12-8-15-6-5-11(12)14/h2-8H,1H3,(H2,14,15). The highest BCUT2D eigenvalue weighted by molar-refractivity contribution is 7.93. The summed E-state index contributed by atoms with van der Waals surface area (Å²) in [5.41, 5.74) is 5.94. The number of rotatable bonds is 3. The number of nitrogens with two attached hydrogens (primary N) is 1. The van der Waals surface area contributed by atoms with E-state index in [0.29, 0.717) is 0 Å². The molecule has 0 atom stereocenters. The number of aromatic nitrogens is 1. The number of sulfonamides is 1. The van der Waals surface area contributed by atoms with Gasteiger partial charge in [-0.2, -0.15) is 0 Å². The molecular formula is C12H12FN3O2S. The summed E-state index contributed by atoms with van der Waals surface area (Å²) in [4.78, 5) is 3.64. The van der Waals surface area contributed by atoms with Crippen molar-refractivity contribution >= 4 is 21.4 Å². The molecular weight excluding hydrogens is 269 g/mol. The molecule has 1 aromatic carbocycles. The van der Waals surface area contributed by atoms with Crippen molar-refractivity contribution in [1.29, 1.82) is 0 Å². The van der Waals surface area contributed by atoms with Gasteiger partial charge in [-0.25, -0.2) is 12.8 Å². The Labute approximate surface area is 110 Å². The summed E-state index contributed by atoms with van der Waals surface area (Å²) in [5, 5.41) is 0. The summed E-state index contributed by atoms with van der Waals surface area (Å²) >= 11 is 0. The summed E-state index contributed by atoms with van der Waals surface area (Å²) in [7, 11) is -2.53. The van der Waals surface area contributed by atoms with Gasteiger partial charge in [0.25, 0.3) is 10.0 Å². The molecule has 0 radical (unpaired) electrons. The molecule has 0 unspecified atom stereocenters. The minimum Gasteiger partial charge on any atom is -0.398 e. The Morgan fingerprint density at radius 1 is 1.32 bits per heavy atom. The minimum atomic E-state index is -3.86. The molecule has 0 saturated heterocycles. The van der Waals surface area contributed by atoms with E-state index in [2.05, 4.69) is 4.98 Å². The highest BCUT2D eigenvalue weighted by Gasteiger charge is 2.24. The molecule has 1 heterocycles. The van der Waals surface area contributed by atoms with Crippen LogP contribution in [0.3, 0.4) is 0 Å². The number of nitrogen functional groups attached to an aromatic ring is 1. The molecule has 0 fully saturated rings. The Morgan fingerprint density at radius 3 is 2.68 bits per heavy atom. The average molecular weight is 281 g/mol. The van der Waals surface area contributed by atoms with Gasteiger partial charge in [0.2, 0.25) is 0 Å². The fourth-order valence-electron chi connectivity index (χ4n) is 1.56. The Bertz CT molecular complexity index is 704. The van der Waals surface area contributed by atoms with Crippen LogP contribution >= 0.6 is 0 Å². The number of benzene rings is 1. The van der Waals surface area contributed by atoms with Crippen LogP contribution in [0.15, 0.2) is 47.6 Å². The van der Waals surface area contributed by atoms with Gasteiger partial charge in [0.1, 0.15) is 10.7 Å². The number of pyridine rings is 1. The zero-order valence-electron chi connectivity index (χ0n) is 10.1. The first-order valence-electron chi connectivity index (χ1n) is 5.37. The van der Waals surface area contributed by atoms with Crippen molar-refractivity contribution in [2.24, 2.45) is 0 Å². The largest absolute Gasteiger partial charge is 0.398 e. The van der Waals surface area contributed by atoms with Gasteiger partial charge >= 0.3 is 0 Å². The number of halogens is 1. The molecule has 0 aliphatic heterocycles. The maximum Gasteiger partial charge on any atom is 0.267 e. The SMILES string of the molecule is CN(c1cccc(F)c1)S(=O)(=O)c1cnccc1N. The normalized spacial score (nSPS) is 11.3. The van der Waals surface area contributed by atoms with Crippen LogP contribution in [0.5, 0.6) is 0 Å². The molecule has 0 amide bonds. The van der Waals surface area contributed by atoms with Crippen LogP contribution in [0, 0.1) is 5.82 Å². The van der Waals surface area contributed by atoms with Crippen molar-refractivity contribution in [1.82, 2.24) is 4.98 Å². The van der Waals surface area contributed by atoms with Crippen LogP contribution in [0.2, 0.25) is 0 Å². The molecule has 0 bridgehead atoms. The maximum atomic E-state index is 13.1. The van der Waals surface area contributed by atoms with E-state index >= 15 is 0 Å². The second-order valence-electron chi connectivity index (χ2n) is 3.87. The summed E-state index contributed by atoms with van der Waals surface area (Å²) in [6.07, 6.45) is 2.57. The monoisotopic (exact) mass is 281 g/mol. The zero-order chi connectivity index (χ0) is 14.0. The predicted molar refractivity (Wildman–Crippen MR) is 70.6 cm³/mol. The van der Waals surface area contributed by atoms with Crippen LogP contribution in [-0.2, 0) is 10.0 Å². The van der Waals surface area contributed by atoms with E-state index in [0.717, 1.165) is 10.4 Å². The number of hydrogen-bond donors (Lipinski definition) is 1. The third-order valence-electron chi connectivity index (χ3n) is 2.63. The fourth-order valence-corrected chi connectivity index (χ4v) is 2.81. The lowest BCUT2D eigenvalue weighted by molar-refractivity contribution is 0.594.